The Morgan fingerprint density at radius 3 is 2.00 bits per heavy atom. The SMILES string of the molecule is C[C@H](CCC(=O)O)C(=O)N[C@@H](CCC(=O)NC[C@H](O)[C@@H](O)[C@H](O)[C@H](O)CO)C(N)=O. The summed E-state index contributed by atoms with van der Waals surface area (Å²) in [4.78, 5) is 45.9. The summed E-state index contributed by atoms with van der Waals surface area (Å²) >= 11 is 0. The number of aliphatic hydroxyl groups excluding tert-OH is 5. The molecule has 10 N–H and O–H groups in total. The van der Waals surface area contributed by atoms with Crippen LogP contribution >= 0.6 is 0 Å². The van der Waals surface area contributed by atoms with Crippen LogP contribution in [0.4, 0.5) is 0 Å². The van der Waals surface area contributed by atoms with E-state index in [2.05, 4.69) is 10.6 Å². The van der Waals surface area contributed by atoms with Gasteiger partial charge in [0, 0.05) is 25.3 Å². The first kappa shape index (κ1) is 27.7. The Morgan fingerprint density at radius 1 is 0.933 bits per heavy atom. The molecule has 0 aromatic rings. The number of carboxylic acids is 1. The van der Waals surface area contributed by atoms with Crippen molar-refractivity contribution in [2.24, 2.45) is 11.7 Å². The molecule has 0 radical (unpaired) electrons. The summed E-state index contributed by atoms with van der Waals surface area (Å²) in [6.07, 6.45) is -7.60. The Morgan fingerprint density at radius 2 is 1.50 bits per heavy atom. The quantitative estimate of drug-likeness (QED) is 0.120. The van der Waals surface area contributed by atoms with E-state index in [0.29, 0.717) is 0 Å². The number of primary amides is 1. The number of hydrogen-bond donors (Lipinski definition) is 9. The van der Waals surface area contributed by atoms with Crippen molar-refractivity contribution >= 4 is 23.7 Å². The minimum absolute atomic E-state index is 0.0597. The van der Waals surface area contributed by atoms with Gasteiger partial charge in [0.1, 0.15) is 24.4 Å². The zero-order valence-electron chi connectivity index (χ0n) is 16.6. The van der Waals surface area contributed by atoms with E-state index in [1.54, 1.807) is 0 Å². The third kappa shape index (κ3) is 10.5. The van der Waals surface area contributed by atoms with E-state index >= 15 is 0 Å². The van der Waals surface area contributed by atoms with Crippen LogP contribution in [0.3, 0.4) is 0 Å². The summed E-state index contributed by atoms with van der Waals surface area (Å²) in [6, 6.07) is -1.17. The molecule has 0 rings (SSSR count). The smallest absolute Gasteiger partial charge is 0.303 e. The molecule has 6 atom stereocenters. The van der Waals surface area contributed by atoms with Crippen molar-refractivity contribution in [1.29, 1.82) is 0 Å². The zero-order valence-corrected chi connectivity index (χ0v) is 16.6. The molecule has 0 aliphatic rings. The van der Waals surface area contributed by atoms with Crippen molar-refractivity contribution in [3.63, 3.8) is 0 Å². The highest BCUT2D eigenvalue weighted by atomic mass is 16.4. The van der Waals surface area contributed by atoms with Gasteiger partial charge in [0.05, 0.1) is 12.7 Å². The molecule has 0 aromatic carbocycles. The Kier molecular flexibility index (Phi) is 12.8. The number of nitrogens with two attached hydrogens (primary N) is 1. The van der Waals surface area contributed by atoms with Crippen molar-refractivity contribution in [2.75, 3.05) is 13.2 Å². The van der Waals surface area contributed by atoms with Gasteiger partial charge in [0.25, 0.3) is 0 Å². The van der Waals surface area contributed by atoms with E-state index in [-0.39, 0.29) is 25.7 Å². The third-order valence-corrected chi connectivity index (χ3v) is 4.39. The number of carbonyl (C=O) groups excluding carboxylic acids is 3. The highest BCUT2D eigenvalue weighted by molar-refractivity contribution is 5.88. The van der Waals surface area contributed by atoms with Gasteiger partial charge in [-0.2, -0.15) is 0 Å². The summed E-state index contributed by atoms with van der Waals surface area (Å²) in [6.45, 7) is 0.152. The van der Waals surface area contributed by atoms with E-state index in [9.17, 15) is 39.6 Å². The van der Waals surface area contributed by atoms with Gasteiger partial charge in [0.15, 0.2) is 0 Å². The first-order valence-electron chi connectivity index (χ1n) is 9.31. The number of amides is 3. The molecule has 0 aromatic heterocycles. The van der Waals surface area contributed by atoms with Crippen LogP contribution in [0.15, 0.2) is 0 Å². The van der Waals surface area contributed by atoms with Crippen molar-refractivity contribution in [2.45, 2.75) is 63.1 Å². The van der Waals surface area contributed by atoms with E-state index in [0.717, 1.165) is 0 Å². The third-order valence-electron chi connectivity index (χ3n) is 4.39. The standard InChI is InChI=1S/C17H31N3O10/c1-8(2-5-13(25)26)17(30)20-9(16(18)29)3-4-12(24)19-6-10(22)14(27)15(28)11(23)7-21/h8-11,14-15,21-23,27-28H,2-7H2,1H3,(H2,18,29)(H,19,24)(H,20,30)(H,25,26)/t8-,9+,10+,11-,14-,15-/m1/s1. The molecule has 0 aliphatic heterocycles. The topological polar surface area (TPSA) is 240 Å². The van der Waals surface area contributed by atoms with E-state index in [1.807, 2.05) is 0 Å². The molecule has 0 saturated carbocycles. The molecule has 0 heterocycles. The number of aliphatic carboxylic acids is 1. The molecule has 0 fully saturated rings. The van der Waals surface area contributed by atoms with E-state index in [4.69, 9.17) is 15.9 Å². The van der Waals surface area contributed by atoms with Crippen LogP contribution in [0, 0.1) is 5.92 Å². The molecule has 13 nitrogen and oxygen atoms in total. The summed E-state index contributed by atoms with van der Waals surface area (Å²) in [5.41, 5.74) is 5.21. The van der Waals surface area contributed by atoms with Crippen LogP contribution in [0.25, 0.3) is 0 Å². The first-order valence-corrected chi connectivity index (χ1v) is 9.31. The van der Waals surface area contributed by atoms with Crippen LogP contribution in [0.2, 0.25) is 0 Å². The predicted molar refractivity (Wildman–Crippen MR) is 101 cm³/mol. The zero-order chi connectivity index (χ0) is 23.4. The van der Waals surface area contributed by atoms with E-state index < -0.39 is 73.2 Å². The maximum absolute atomic E-state index is 12.0. The Labute approximate surface area is 172 Å². The number of hydrogen-bond acceptors (Lipinski definition) is 9. The number of aliphatic hydroxyl groups is 5. The second kappa shape index (κ2) is 13.8. The fraction of sp³-hybridized carbons (Fsp3) is 0.765. The Balaban J connectivity index is 4.50. The molecule has 0 bridgehead atoms. The summed E-state index contributed by atoms with van der Waals surface area (Å²) in [5, 5.41) is 60.0. The predicted octanol–water partition coefficient (Wildman–Crippen LogP) is -4.21. The van der Waals surface area contributed by atoms with Crippen molar-refractivity contribution < 1.29 is 49.8 Å². The number of rotatable bonds is 15. The summed E-state index contributed by atoms with van der Waals surface area (Å²) in [7, 11) is 0. The van der Waals surface area contributed by atoms with Crippen molar-refractivity contribution in [3.8, 4) is 0 Å². The lowest BCUT2D eigenvalue weighted by molar-refractivity contribution is -0.138. The van der Waals surface area contributed by atoms with Crippen LogP contribution in [0.1, 0.15) is 32.6 Å². The van der Waals surface area contributed by atoms with Crippen LogP contribution in [0.5, 0.6) is 0 Å². The molecule has 0 aliphatic carbocycles. The molecular weight excluding hydrogens is 406 g/mol. The minimum Gasteiger partial charge on any atom is -0.481 e. The molecular formula is C17H31N3O10. The second-order valence-electron chi connectivity index (χ2n) is 6.94. The minimum atomic E-state index is -1.84. The van der Waals surface area contributed by atoms with E-state index in [1.165, 1.54) is 6.92 Å². The molecule has 0 spiro atoms. The lowest BCUT2D eigenvalue weighted by atomic mass is 10.0. The van der Waals surface area contributed by atoms with Gasteiger partial charge in [0.2, 0.25) is 17.7 Å². The molecule has 30 heavy (non-hydrogen) atoms. The van der Waals surface area contributed by atoms with Crippen LogP contribution in [-0.4, -0.2) is 97.9 Å². The molecule has 13 heteroatoms. The fourth-order valence-electron chi connectivity index (χ4n) is 2.34. The molecule has 0 unspecified atom stereocenters. The molecule has 174 valence electrons. The van der Waals surface area contributed by atoms with Gasteiger partial charge in [-0.1, -0.05) is 6.92 Å². The van der Waals surface area contributed by atoms with Crippen molar-refractivity contribution in [1.82, 2.24) is 10.6 Å². The average molecular weight is 437 g/mol. The Bertz CT molecular complexity index is 588. The maximum atomic E-state index is 12.0. The molecule has 0 saturated heterocycles. The highest BCUT2D eigenvalue weighted by Gasteiger charge is 2.30. The van der Waals surface area contributed by atoms with Gasteiger partial charge in [-0.05, 0) is 12.8 Å². The lowest BCUT2D eigenvalue weighted by Gasteiger charge is -2.25. The Hall–Kier alpha value is -2.32. The monoisotopic (exact) mass is 437 g/mol. The normalized spacial score (nSPS) is 17.1. The lowest BCUT2D eigenvalue weighted by Crippen LogP contribution is -2.50. The number of carbonyl (C=O) groups is 4. The van der Waals surface area contributed by atoms with Gasteiger partial charge in [-0.3, -0.25) is 19.2 Å². The maximum Gasteiger partial charge on any atom is 0.303 e. The van der Waals surface area contributed by atoms with Crippen LogP contribution < -0.4 is 16.4 Å². The molecule has 3 amide bonds. The van der Waals surface area contributed by atoms with Gasteiger partial charge in [-0.25, -0.2) is 0 Å². The largest absolute Gasteiger partial charge is 0.481 e. The summed E-state index contributed by atoms with van der Waals surface area (Å²) < 4.78 is 0. The van der Waals surface area contributed by atoms with Crippen LogP contribution in [-0.2, 0) is 19.2 Å². The number of nitrogens with one attached hydrogen (secondary N) is 2. The number of carboxylic acid groups (broad SMARTS) is 1. The van der Waals surface area contributed by atoms with Gasteiger partial charge < -0.3 is 47.0 Å². The van der Waals surface area contributed by atoms with Gasteiger partial charge >= 0.3 is 5.97 Å². The fourth-order valence-corrected chi connectivity index (χ4v) is 2.34. The average Bonchev–Trinajstić information content (AvgIpc) is 2.70. The van der Waals surface area contributed by atoms with Gasteiger partial charge in [-0.15, -0.1) is 0 Å². The highest BCUT2D eigenvalue weighted by Crippen LogP contribution is 2.08. The van der Waals surface area contributed by atoms with Crippen molar-refractivity contribution in [3.05, 3.63) is 0 Å². The summed E-state index contributed by atoms with van der Waals surface area (Å²) in [5.74, 6) is -3.89. The second-order valence-corrected chi connectivity index (χ2v) is 6.94. The first-order chi connectivity index (χ1) is 13.9.